The van der Waals surface area contributed by atoms with Crippen molar-refractivity contribution in [1.82, 2.24) is 5.32 Å². The van der Waals surface area contributed by atoms with E-state index in [1.54, 1.807) is 30.3 Å². The first-order valence-electron chi connectivity index (χ1n) is 7.99. The Hall–Kier alpha value is -1.86. The zero-order valence-electron chi connectivity index (χ0n) is 13.1. The average molecular weight is 338 g/mol. The normalized spacial score (nSPS) is 28.3. The molecular weight excluding hydrogens is 318 g/mol. The van der Waals surface area contributed by atoms with Crippen LogP contribution in [0.2, 0.25) is 0 Å². The Labute approximate surface area is 138 Å². The summed E-state index contributed by atoms with van der Waals surface area (Å²) in [7, 11) is 0. The molecule has 0 aromatic heterocycles. The molecule has 2 N–H and O–H groups in total. The Morgan fingerprint density at radius 2 is 2.12 bits per heavy atom. The molecule has 0 saturated heterocycles. The van der Waals surface area contributed by atoms with Crippen LogP contribution in [0.3, 0.4) is 0 Å². The summed E-state index contributed by atoms with van der Waals surface area (Å²) in [6.45, 7) is 0.812. The molecule has 3 atom stereocenters. The van der Waals surface area contributed by atoms with Crippen LogP contribution in [-0.2, 0) is 15.1 Å². The third-order valence-electron chi connectivity index (χ3n) is 4.60. The zero-order chi connectivity index (χ0) is 17.2. The second-order valence-electron chi connectivity index (χ2n) is 6.32. The zero-order valence-corrected chi connectivity index (χ0v) is 13.1. The molecule has 0 amide bonds. The van der Waals surface area contributed by atoms with Crippen LogP contribution in [-0.4, -0.2) is 42.5 Å². The second-order valence-corrected chi connectivity index (χ2v) is 6.32. The smallest absolute Gasteiger partial charge is 0.343 e. The van der Waals surface area contributed by atoms with Crippen molar-refractivity contribution >= 4 is 12.2 Å². The lowest BCUT2D eigenvalue weighted by atomic mass is 9.80. The van der Waals surface area contributed by atoms with E-state index in [9.17, 15) is 18.7 Å². The standard InChI is InChI=1S/C17H20F2N2O3/c18-16(19)7-6-13(8-16)17(23,12-4-2-1-3-5-12)15(22)24-14-9-20-11-21-10-14/h1-5,9,13-14,21,23H,6-8,10-11H2/t13-,14?,17+/m1/s1. The van der Waals surface area contributed by atoms with E-state index in [-0.39, 0.29) is 18.4 Å². The summed E-state index contributed by atoms with van der Waals surface area (Å²) < 4.78 is 32.7. The number of rotatable bonds is 4. The van der Waals surface area contributed by atoms with Gasteiger partial charge in [0.2, 0.25) is 5.92 Å². The second kappa shape index (κ2) is 6.57. The van der Waals surface area contributed by atoms with E-state index in [4.69, 9.17) is 4.74 Å². The average Bonchev–Trinajstić information content (AvgIpc) is 2.96. The van der Waals surface area contributed by atoms with E-state index in [0.717, 1.165) is 0 Å². The Bertz CT molecular complexity index is 624. The number of hydrogen-bond donors (Lipinski definition) is 2. The fourth-order valence-corrected chi connectivity index (χ4v) is 3.31. The molecule has 0 spiro atoms. The van der Waals surface area contributed by atoms with E-state index < -0.39 is 35.9 Å². The number of carbonyl (C=O) groups excluding carboxylic acids is 1. The fraction of sp³-hybridized carbons (Fsp3) is 0.529. The van der Waals surface area contributed by atoms with Crippen LogP contribution < -0.4 is 5.32 Å². The highest BCUT2D eigenvalue weighted by Crippen LogP contribution is 2.47. The molecule has 5 nitrogen and oxygen atoms in total. The van der Waals surface area contributed by atoms with Gasteiger partial charge in [0.25, 0.3) is 0 Å². The van der Waals surface area contributed by atoms with Gasteiger partial charge in [-0.3, -0.25) is 10.3 Å². The molecule has 1 fully saturated rings. The highest BCUT2D eigenvalue weighted by atomic mass is 19.3. The Balaban J connectivity index is 1.88. The Morgan fingerprint density at radius 1 is 1.38 bits per heavy atom. The van der Waals surface area contributed by atoms with Gasteiger partial charge in [-0.15, -0.1) is 0 Å². The van der Waals surface area contributed by atoms with Gasteiger partial charge in [-0.05, 0) is 12.0 Å². The van der Waals surface area contributed by atoms with E-state index in [2.05, 4.69) is 10.3 Å². The molecule has 1 saturated carbocycles. The molecule has 7 heteroatoms. The predicted molar refractivity (Wildman–Crippen MR) is 83.9 cm³/mol. The van der Waals surface area contributed by atoms with Gasteiger partial charge in [-0.2, -0.15) is 0 Å². The maximum Gasteiger partial charge on any atom is 0.343 e. The highest BCUT2D eigenvalue weighted by Gasteiger charge is 2.54. The van der Waals surface area contributed by atoms with E-state index in [1.165, 1.54) is 6.21 Å². The third kappa shape index (κ3) is 3.32. The van der Waals surface area contributed by atoms with E-state index >= 15 is 0 Å². The number of alkyl halides is 2. The Morgan fingerprint density at radius 3 is 2.71 bits per heavy atom. The van der Waals surface area contributed by atoms with Crippen LogP contribution in [0.5, 0.6) is 0 Å². The van der Waals surface area contributed by atoms with Gasteiger partial charge in [0.1, 0.15) is 6.10 Å². The van der Waals surface area contributed by atoms with Crippen molar-refractivity contribution in [1.29, 1.82) is 0 Å². The van der Waals surface area contributed by atoms with Crippen molar-refractivity contribution in [3.63, 3.8) is 0 Å². The Kier molecular flexibility index (Phi) is 4.64. The largest absolute Gasteiger partial charge is 0.453 e. The number of nitrogens with one attached hydrogen (secondary N) is 1. The minimum Gasteiger partial charge on any atom is -0.453 e. The van der Waals surface area contributed by atoms with Crippen molar-refractivity contribution in [2.45, 2.75) is 36.9 Å². The number of aliphatic hydroxyl groups is 1. The van der Waals surface area contributed by atoms with Gasteiger partial charge in [0, 0.05) is 31.5 Å². The van der Waals surface area contributed by atoms with Gasteiger partial charge in [-0.1, -0.05) is 30.3 Å². The van der Waals surface area contributed by atoms with E-state index in [1.807, 2.05) is 0 Å². The molecule has 1 heterocycles. The molecule has 1 unspecified atom stereocenters. The summed E-state index contributed by atoms with van der Waals surface area (Å²) >= 11 is 0. The van der Waals surface area contributed by atoms with Crippen molar-refractivity contribution in [2.75, 3.05) is 13.2 Å². The van der Waals surface area contributed by atoms with Crippen molar-refractivity contribution in [3.05, 3.63) is 35.9 Å². The summed E-state index contributed by atoms with van der Waals surface area (Å²) in [5.41, 5.74) is -1.81. The number of esters is 1. The van der Waals surface area contributed by atoms with Crippen LogP contribution in [0.1, 0.15) is 24.8 Å². The maximum absolute atomic E-state index is 13.7. The summed E-state index contributed by atoms with van der Waals surface area (Å²) in [4.78, 5) is 16.7. The maximum atomic E-state index is 13.7. The molecule has 130 valence electrons. The molecule has 0 radical (unpaired) electrons. The summed E-state index contributed by atoms with van der Waals surface area (Å²) in [6, 6.07) is 8.17. The lowest BCUT2D eigenvalue weighted by Crippen LogP contribution is -2.47. The van der Waals surface area contributed by atoms with Crippen molar-refractivity contribution in [3.8, 4) is 0 Å². The molecule has 2 aliphatic rings. The third-order valence-corrected chi connectivity index (χ3v) is 4.60. The number of nitrogens with zero attached hydrogens (tertiary/aromatic N) is 1. The minimum atomic E-state index is -2.87. The SMILES string of the molecule is O=C(OC1C=NCNC1)[C@](O)(c1ccccc1)[C@@H]1CCC(F)(F)C1. The first-order chi connectivity index (χ1) is 11.4. The van der Waals surface area contributed by atoms with Crippen molar-refractivity contribution < 1.29 is 23.4 Å². The highest BCUT2D eigenvalue weighted by molar-refractivity contribution is 5.83. The van der Waals surface area contributed by atoms with Gasteiger partial charge in [0.15, 0.2) is 5.60 Å². The molecular formula is C17H20F2N2O3. The number of benzene rings is 1. The molecule has 1 aromatic rings. The van der Waals surface area contributed by atoms with Gasteiger partial charge in [0.05, 0.1) is 6.67 Å². The lowest BCUT2D eigenvalue weighted by Gasteiger charge is -2.33. The van der Waals surface area contributed by atoms with Crippen LogP contribution >= 0.6 is 0 Å². The lowest BCUT2D eigenvalue weighted by molar-refractivity contribution is -0.177. The topological polar surface area (TPSA) is 70.9 Å². The fourth-order valence-electron chi connectivity index (χ4n) is 3.31. The summed E-state index contributed by atoms with van der Waals surface area (Å²) in [5.74, 6) is -4.67. The monoisotopic (exact) mass is 338 g/mol. The molecule has 1 aliphatic heterocycles. The van der Waals surface area contributed by atoms with Gasteiger partial charge >= 0.3 is 5.97 Å². The summed E-state index contributed by atoms with van der Waals surface area (Å²) in [5, 5.41) is 14.1. The van der Waals surface area contributed by atoms with Crippen LogP contribution in [0.4, 0.5) is 8.78 Å². The van der Waals surface area contributed by atoms with Gasteiger partial charge < -0.3 is 9.84 Å². The summed E-state index contributed by atoms with van der Waals surface area (Å²) in [6.07, 6.45) is 0.0494. The van der Waals surface area contributed by atoms with Crippen LogP contribution in [0.25, 0.3) is 0 Å². The first kappa shape index (κ1) is 17.0. The molecule has 1 aromatic carbocycles. The number of carbonyl (C=O) groups is 1. The predicted octanol–water partition coefficient (Wildman–Crippen LogP) is 1.85. The van der Waals surface area contributed by atoms with Crippen LogP contribution in [0.15, 0.2) is 35.3 Å². The number of halogens is 2. The number of aliphatic imine (C=N–C) groups is 1. The number of hydrogen-bond acceptors (Lipinski definition) is 5. The van der Waals surface area contributed by atoms with Crippen LogP contribution in [0, 0.1) is 5.92 Å². The van der Waals surface area contributed by atoms with E-state index in [0.29, 0.717) is 13.2 Å². The van der Waals surface area contributed by atoms with Gasteiger partial charge in [-0.25, -0.2) is 13.6 Å². The molecule has 3 rings (SSSR count). The minimum absolute atomic E-state index is 0.0600. The number of ether oxygens (including phenoxy) is 1. The van der Waals surface area contributed by atoms with Crippen molar-refractivity contribution in [2.24, 2.45) is 10.9 Å². The molecule has 0 bridgehead atoms. The molecule has 1 aliphatic carbocycles. The quantitative estimate of drug-likeness (QED) is 0.822. The molecule has 24 heavy (non-hydrogen) atoms. The first-order valence-corrected chi connectivity index (χ1v) is 7.99.